The van der Waals surface area contributed by atoms with Crippen molar-refractivity contribution < 1.29 is 9.53 Å². The number of rotatable bonds is 4. The quantitative estimate of drug-likeness (QED) is 0.915. The van der Waals surface area contributed by atoms with Gasteiger partial charge in [-0.05, 0) is 50.0 Å². The Morgan fingerprint density at radius 3 is 2.65 bits per heavy atom. The number of hydrogen-bond donors (Lipinski definition) is 1. The lowest BCUT2D eigenvalue weighted by atomic mass is 9.87. The van der Waals surface area contributed by atoms with Gasteiger partial charge < -0.3 is 9.64 Å². The van der Waals surface area contributed by atoms with Gasteiger partial charge in [-0.1, -0.05) is 30.3 Å². The minimum Gasteiger partial charge on any atom is -0.376 e. The highest BCUT2D eigenvalue weighted by Gasteiger charge is 2.32. The third-order valence-electron chi connectivity index (χ3n) is 5.90. The third-order valence-corrected chi connectivity index (χ3v) is 5.90. The Morgan fingerprint density at radius 1 is 1.19 bits per heavy atom. The van der Waals surface area contributed by atoms with Crippen LogP contribution in [0.5, 0.6) is 0 Å². The minimum absolute atomic E-state index is 0.0940. The lowest BCUT2D eigenvalue weighted by Gasteiger charge is -2.35. The average molecular weight is 353 g/mol. The molecule has 1 fully saturated rings. The lowest BCUT2D eigenvalue weighted by Crippen LogP contribution is -2.40. The maximum Gasteiger partial charge on any atom is 0.274 e. The van der Waals surface area contributed by atoms with Gasteiger partial charge in [0.15, 0.2) is 5.69 Å². The topological polar surface area (TPSA) is 58.2 Å². The molecule has 2 heterocycles. The molecule has 0 radical (unpaired) electrons. The number of carbonyl (C=O) groups excluding carboxylic acids is 1. The fourth-order valence-electron chi connectivity index (χ4n) is 4.46. The lowest BCUT2D eigenvalue weighted by molar-refractivity contribution is 0.0193. The number of benzene rings is 1. The van der Waals surface area contributed by atoms with E-state index < -0.39 is 0 Å². The molecule has 0 bridgehead atoms. The van der Waals surface area contributed by atoms with E-state index in [2.05, 4.69) is 34.5 Å². The van der Waals surface area contributed by atoms with E-state index in [0.717, 1.165) is 56.5 Å². The first kappa shape index (κ1) is 17.3. The zero-order chi connectivity index (χ0) is 17.9. The van der Waals surface area contributed by atoms with Crippen molar-refractivity contribution in [3.05, 3.63) is 52.8 Å². The number of aromatic amines is 1. The molecule has 1 unspecified atom stereocenters. The number of likely N-dealkylation sites (tertiary alicyclic amines) is 1. The number of fused-ring (bicyclic) bond motifs is 1. The van der Waals surface area contributed by atoms with Crippen molar-refractivity contribution >= 4 is 5.91 Å². The number of ether oxygens (including phenoxy) is 1. The first-order valence-electron chi connectivity index (χ1n) is 9.71. The second-order valence-corrected chi connectivity index (χ2v) is 7.43. The van der Waals surface area contributed by atoms with E-state index in [1.807, 2.05) is 11.0 Å². The standard InChI is InChI=1S/C21H27N3O2/c1-26-20(15-7-3-2-4-8-15)16-11-13-24(14-12-16)21(25)19-17-9-5-6-10-18(17)22-23-19/h2-4,7-8,16,20H,5-6,9-14H2,1H3,(H,22,23). The summed E-state index contributed by atoms with van der Waals surface area (Å²) in [7, 11) is 1.78. The molecule has 4 rings (SSSR count). The summed E-state index contributed by atoms with van der Waals surface area (Å²) in [5.74, 6) is 0.538. The van der Waals surface area contributed by atoms with Gasteiger partial charge in [0.2, 0.25) is 0 Å². The van der Waals surface area contributed by atoms with E-state index in [9.17, 15) is 4.79 Å². The Bertz CT molecular complexity index is 748. The highest BCUT2D eigenvalue weighted by atomic mass is 16.5. The van der Waals surface area contributed by atoms with Gasteiger partial charge >= 0.3 is 0 Å². The molecule has 1 atom stereocenters. The van der Waals surface area contributed by atoms with E-state index in [-0.39, 0.29) is 12.0 Å². The zero-order valence-electron chi connectivity index (χ0n) is 15.4. The molecule has 1 amide bonds. The van der Waals surface area contributed by atoms with Crippen LogP contribution in [0, 0.1) is 5.92 Å². The Hall–Kier alpha value is -2.14. The molecule has 1 aliphatic heterocycles. The number of piperidine rings is 1. The van der Waals surface area contributed by atoms with Crippen molar-refractivity contribution in [1.29, 1.82) is 0 Å². The molecule has 26 heavy (non-hydrogen) atoms. The van der Waals surface area contributed by atoms with Crippen molar-refractivity contribution in [3.8, 4) is 0 Å². The first-order valence-corrected chi connectivity index (χ1v) is 9.71. The van der Waals surface area contributed by atoms with Crippen molar-refractivity contribution in [2.75, 3.05) is 20.2 Å². The molecule has 5 heteroatoms. The molecular formula is C21H27N3O2. The van der Waals surface area contributed by atoms with Crippen molar-refractivity contribution in [2.45, 2.75) is 44.6 Å². The number of carbonyl (C=O) groups is 1. The van der Waals surface area contributed by atoms with Crippen LogP contribution < -0.4 is 0 Å². The highest BCUT2D eigenvalue weighted by Crippen LogP contribution is 2.34. The van der Waals surface area contributed by atoms with Crippen LogP contribution in [0.4, 0.5) is 0 Å². The van der Waals surface area contributed by atoms with E-state index in [1.54, 1.807) is 7.11 Å². The van der Waals surface area contributed by atoms with Gasteiger partial charge in [-0.2, -0.15) is 5.10 Å². The molecule has 1 saturated heterocycles. The van der Waals surface area contributed by atoms with Crippen molar-refractivity contribution in [3.63, 3.8) is 0 Å². The normalized spacial score (nSPS) is 19.2. The maximum absolute atomic E-state index is 13.0. The number of methoxy groups -OCH3 is 1. The second kappa shape index (κ2) is 7.62. The molecule has 1 aliphatic carbocycles. The summed E-state index contributed by atoms with van der Waals surface area (Å²) in [6, 6.07) is 10.4. The Balaban J connectivity index is 1.42. The minimum atomic E-state index is 0.0940. The number of aromatic nitrogens is 2. The molecular weight excluding hydrogens is 326 g/mol. The van der Waals surface area contributed by atoms with Crippen LogP contribution in [0.1, 0.15) is 59.1 Å². The molecule has 0 saturated carbocycles. The number of nitrogens with one attached hydrogen (secondary N) is 1. The van der Waals surface area contributed by atoms with E-state index >= 15 is 0 Å². The third kappa shape index (κ3) is 3.28. The van der Waals surface area contributed by atoms with E-state index in [1.165, 1.54) is 12.0 Å². The summed E-state index contributed by atoms with van der Waals surface area (Å²) in [5.41, 5.74) is 4.20. The SMILES string of the molecule is COC(c1ccccc1)C1CCN(C(=O)c2n[nH]c3c2CCCC3)CC1. The van der Waals surface area contributed by atoms with Crippen molar-refractivity contribution in [1.82, 2.24) is 15.1 Å². The Labute approximate surface area is 154 Å². The molecule has 138 valence electrons. The van der Waals surface area contributed by atoms with Crippen LogP contribution in [0.25, 0.3) is 0 Å². The summed E-state index contributed by atoms with van der Waals surface area (Å²) in [6.45, 7) is 1.55. The van der Waals surface area contributed by atoms with Crippen LogP contribution in [0.3, 0.4) is 0 Å². The summed E-state index contributed by atoms with van der Waals surface area (Å²) in [4.78, 5) is 14.9. The number of nitrogens with zero attached hydrogens (tertiary/aromatic N) is 2. The van der Waals surface area contributed by atoms with Crippen molar-refractivity contribution in [2.24, 2.45) is 5.92 Å². The Kier molecular flexibility index (Phi) is 5.07. The smallest absolute Gasteiger partial charge is 0.274 e. The fourth-order valence-corrected chi connectivity index (χ4v) is 4.46. The predicted octanol–water partition coefficient (Wildman–Crippen LogP) is 3.53. The monoisotopic (exact) mass is 353 g/mol. The number of hydrogen-bond acceptors (Lipinski definition) is 3. The molecule has 0 spiro atoms. The molecule has 2 aromatic rings. The molecule has 1 aromatic heterocycles. The molecule has 1 N–H and O–H groups in total. The number of amides is 1. The van der Waals surface area contributed by atoms with Gasteiger partial charge in [0.1, 0.15) is 0 Å². The summed E-state index contributed by atoms with van der Waals surface area (Å²) >= 11 is 0. The van der Waals surface area contributed by atoms with Crippen LogP contribution in [0.15, 0.2) is 30.3 Å². The Morgan fingerprint density at radius 2 is 1.92 bits per heavy atom. The highest BCUT2D eigenvalue weighted by molar-refractivity contribution is 5.94. The first-order chi connectivity index (χ1) is 12.8. The number of aryl methyl sites for hydroxylation is 1. The number of H-pyrrole nitrogens is 1. The van der Waals surface area contributed by atoms with Gasteiger partial charge in [0.05, 0.1) is 6.10 Å². The van der Waals surface area contributed by atoms with Gasteiger partial charge in [0.25, 0.3) is 5.91 Å². The van der Waals surface area contributed by atoms with Crippen LogP contribution in [-0.4, -0.2) is 41.2 Å². The van der Waals surface area contributed by atoms with Gasteiger partial charge in [0, 0.05) is 31.5 Å². The van der Waals surface area contributed by atoms with E-state index in [4.69, 9.17) is 4.74 Å². The van der Waals surface area contributed by atoms with Crippen LogP contribution in [-0.2, 0) is 17.6 Å². The van der Waals surface area contributed by atoms with Crippen LogP contribution >= 0.6 is 0 Å². The van der Waals surface area contributed by atoms with Crippen LogP contribution in [0.2, 0.25) is 0 Å². The average Bonchev–Trinajstić information content (AvgIpc) is 3.13. The van der Waals surface area contributed by atoms with Gasteiger partial charge in [-0.15, -0.1) is 0 Å². The maximum atomic E-state index is 13.0. The van der Waals surface area contributed by atoms with Gasteiger partial charge in [-0.25, -0.2) is 0 Å². The molecule has 2 aliphatic rings. The van der Waals surface area contributed by atoms with Gasteiger partial charge in [-0.3, -0.25) is 9.89 Å². The molecule has 5 nitrogen and oxygen atoms in total. The second-order valence-electron chi connectivity index (χ2n) is 7.43. The fraction of sp³-hybridized carbons (Fsp3) is 0.524. The largest absolute Gasteiger partial charge is 0.376 e. The van der Waals surface area contributed by atoms with E-state index in [0.29, 0.717) is 11.6 Å². The summed E-state index contributed by atoms with van der Waals surface area (Å²) in [6.07, 6.45) is 6.37. The summed E-state index contributed by atoms with van der Waals surface area (Å²) in [5, 5.41) is 7.44. The zero-order valence-corrected chi connectivity index (χ0v) is 15.4. The molecule has 1 aromatic carbocycles. The predicted molar refractivity (Wildman–Crippen MR) is 100 cm³/mol. The summed E-state index contributed by atoms with van der Waals surface area (Å²) < 4.78 is 5.80.